The van der Waals surface area contributed by atoms with E-state index in [0.717, 1.165) is 10.9 Å². The van der Waals surface area contributed by atoms with Gasteiger partial charge >= 0.3 is 0 Å². The second-order valence-corrected chi connectivity index (χ2v) is 6.46. The molecule has 3 aromatic rings. The van der Waals surface area contributed by atoms with Gasteiger partial charge in [0.25, 0.3) is 5.91 Å². The van der Waals surface area contributed by atoms with Crippen LogP contribution in [-0.2, 0) is 4.79 Å². The van der Waals surface area contributed by atoms with Crippen LogP contribution < -0.4 is 16.0 Å². The second kappa shape index (κ2) is 8.33. The molecule has 8 heteroatoms. The van der Waals surface area contributed by atoms with Crippen molar-refractivity contribution in [1.82, 2.24) is 15.8 Å². The Bertz CT molecular complexity index is 1020. The van der Waals surface area contributed by atoms with Gasteiger partial charge in [-0.3, -0.25) is 20.4 Å². The molecule has 0 saturated heterocycles. The molecule has 2 aromatic carbocycles. The van der Waals surface area contributed by atoms with Crippen LogP contribution >= 0.6 is 11.8 Å². The number of carbonyl (C=O) groups excluding carboxylic acids is 3. The molecule has 136 valence electrons. The van der Waals surface area contributed by atoms with Gasteiger partial charge in [-0.1, -0.05) is 54.2 Å². The second-order valence-electron chi connectivity index (χ2n) is 5.47. The van der Waals surface area contributed by atoms with E-state index in [1.165, 1.54) is 36.0 Å². The van der Waals surface area contributed by atoms with Gasteiger partial charge in [-0.2, -0.15) is 0 Å². The standard InChI is InChI=1S/C19H15N3O4S/c23-16(11-27-17-10-9-12-5-1-4-8-15(12)20-17)21-22-18(24)13-6-2-3-7-14(13)19(25)26/h1-10H,11H2,(H,21,23)(H,22,24)(H,25,26)/p-1. The summed E-state index contributed by atoms with van der Waals surface area (Å²) in [6, 6.07) is 17.0. The summed E-state index contributed by atoms with van der Waals surface area (Å²) in [5.74, 6) is -2.62. The number of aromatic nitrogens is 1. The maximum Gasteiger partial charge on any atom is 0.270 e. The number of carboxylic acid groups (broad SMARTS) is 1. The Labute approximate surface area is 158 Å². The van der Waals surface area contributed by atoms with E-state index in [4.69, 9.17) is 0 Å². The smallest absolute Gasteiger partial charge is 0.270 e. The highest BCUT2D eigenvalue weighted by molar-refractivity contribution is 7.99. The highest BCUT2D eigenvalue weighted by Gasteiger charge is 2.12. The molecular formula is C19H14N3O4S-. The summed E-state index contributed by atoms with van der Waals surface area (Å²) < 4.78 is 0. The van der Waals surface area contributed by atoms with E-state index in [1.807, 2.05) is 36.4 Å². The number of thioether (sulfide) groups is 1. The van der Waals surface area contributed by atoms with E-state index in [0.29, 0.717) is 5.03 Å². The molecule has 27 heavy (non-hydrogen) atoms. The van der Waals surface area contributed by atoms with E-state index in [1.54, 1.807) is 0 Å². The zero-order chi connectivity index (χ0) is 19.2. The summed E-state index contributed by atoms with van der Waals surface area (Å²) in [6.07, 6.45) is 0. The number of rotatable bonds is 5. The molecule has 2 N–H and O–H groups in total. The van der Waals surface area contributed by atoms with Crippen LogP contribution in [0.4, 0.5) is 0 Å². The van der Waals surface area contributed by atoms with E-state index in [9.17, 15) is 19.5 Å². The minimum Gasteiger partial charge on any atom is -0.545 e. The molecule has 0 atom stereocenters. The van der Waals surface area contributed by atoms with Crippen molar-refractivity contribution in [1.29, 1.82) is 0 Å². The third kappa shape index (κ3) is 4.62. The molecule has 7 nitrogen and oxygen atoms in total. The number of hydrogen-bond acceptors (Lipinski definition) is 6. The van der Waals surface area contributed by atoms with Crippen LogP contribution in [0.2, 0.25) is 0 Å². The summed E-state index contributed by atoms with van der Waals surface area (Å²) in [4.78, 5) is 39.5. The first-order chi connectivity index (χ1) is 13.0. The van der Waals surface area contributed by atoms with E-state index >= 15 is 0 Å². The van der Waals surface area contributed by atoms with Gasteiger partial charge in [-0.25, -0.2) is 4.98 Å². The lowest BCUT2D eigenvalue weighted by Gasteiger charge is -2.11. The van der Waals surface area contributed by atoms with Gasteiger partial charge in [0, 0.05) is 10.9 Å². The number of amides is 2. The number of hydrazine groups is 1. The molecule has 0 fully saturated rings. The zero-order valence-electron chi connectivity index (χ0n) is 14.0. The molecule has 0 aliphatic carbocycles. The third-order valence-corrected chi connectivity index (χ3v) is 4.56. The van der Waals surface area contributed by atoms with Gasteiger partial charge in [-0.15, -0.1) is 0 Å². The van der Waals surface area contributed by atoms with Crippen LogP contribution in [-0.4, -0.2) is 28.5 Å². The maximum absolute atomic E-state index is 12.1. The number of fused-ring (bicyclic) bond motifs is 1. The average Bonchev–Trinajstić information content (AvgIpc) is 2.70. The van der Waals surface area contributed by atoms with E-state index < -0.39 is 17.8 Å². The summed E-state index contributed by atoms with van der Waals surface area (Å²) in [5, 5.41) is 12.7. The van der Waals surface area contributed by atoms with Gasteiger partial charge in [-0.05, 0) is 18.2 Å². The Balaban J connectivity index is 1.55. The van der Waals surface area contributed by atoms with Crippen molar-refractivity contribution in [2.45, 2.75) is 5.03 Å². The van der Waals surface area contributed by atoms with Crippen molar-refractivity contribution in [2.24, 2.45) is 0 Å². The molecule has 0 spiro atoms. The normalized spacial score (nSPS) is 10.4. The lowest BCUT2D eigenvalue weighted by molar-refractivity contribution is -0.255. The van der Waals surface area contributed by atoms with Crippen LogP contribution in [0.1, 0.15) is 20.7 Å². The van der Waals surface area contributed by atoms with Crippen LogP contribution in [0.3, 0.4) is 0 Å². The minimum atomic E-state index is -1.47. The summed E-state index contributed by atoms with van der Waals surface area (Å²) in [5.41, 5.74) is 4.93. The maximum atomic E-state index is 12.1. The first kappa shape index (κ1) is 18.4. The van der Waals surface area contributed by atoms with Crippen LogP contribution in [0, 0.1) is 0 Å². The Morgan fingerprint density at radius 2 is 1.59 bits per heavy atom. The van der Waals surface area contributed by atoms with Crippen LogP contribution in [0.15, 0.2) is 65.7 Å². The molecule has 3 rings (SSSR count). The van der Waals surface area contributed by atoms with Crippen molar-refractivity contribution in [3.63, 3.8) is 0 Å². The van der Waals surface area contributed by atoms with Crippen molar-refractivity contribution in [3.05, 3.63) is 71.8 Å². The number of benzene rings is 2. The largest absolute Gasteiger partial charge is 0.545 e. The number of pyridine rings is 1. The fourth-order valence-electron chi connectivity index (χ4n) is 2.36. The molecule has 2 amide bonds. The number of hydrogen-bond donors (Lipinski definition) is 2. The molecule has 0 aliphatic heterocycles. The summed E-state index contributed by atoms with van der Waals surface area (Å²) in [6.45, 7) is 0. The van der Waals surface area contributed by atoms with E-state index in [2.05, 4.69) is 15.8 Å². The predicted molar refractivity (Wildman–Crippen MR) is 98.8 cm³/mol. The van der Waals surface area contributed by atoms with Crippen molar-refractivity contribution >= 4 is 40.4 Å². The third-order valence-electron chi connectivity index (χ3n) is 3.63. The monoisotopic (exact) mass is 380 g/mol. The molecule has 0 bridgehead atoms. The summed E-state index contributed by atoms with van der Waals surface area (Å²) in [7, 11) is 0. The van der Waals surface area contributed by atoms with Gasteiger partial charge in [0.1, 0.15) is 0 Å². The highest BCUT2D eigenvalue weighted by atomic mass is 32.2. The van der Waals surface area contributed by atoms with Gasteiger partial charge in [0.15, 0.2) is 0 Å². The molecule has 1 aromatic heterocycles. The Kier molecular flexibility index (Phi) is 5.68. The Morgan fingerprint density at radius 3 is 2.37 bits per heavy atom. The lowest BCUT2D eigenvalue weighted by Crippen LogP contribution is -2.43. The summed E-state index contributed by atoms with van der Waals surface area (Å²) >= 11 is 1.22. The van der Waals surface area contributed by atoms with Gasteiger partial charge in [0.2, 0.25) is 5.91 Å². The predicted octanol–water partition coefficient (Wildman–Crippen LogP) is 1.15. The molecule has 0 saturated carbocycles. The lowest BCUT2D eigenvalue weighted by atomic mass is 10.1. The number of aromatic carboxylic acids is 1. The number of nitrogens with zero attached hydrogens (tertiary/aromatic N) is 1. The fraction of sp³-hybridized carbons (Fsp3) is 0.0526. The molecule has 0 unspecified atom stereocenters. The van der Waals surface area contributed by atoms with E-state index in [-0.39, 0.29) is 16.9 Å². The molecule has 1 heterocycles. The first-order valence-electron chi connectivity index (χ1n) is 7.93. The zero-order valence-corrected chi connectivity index (χ0v) is 14.8. The molecule has 0 aliphatic rings. The highest BCUT2D eigenvalue weighted by Crippen LogP contribution is 2.19. The van der Waals surface area contributed by atoms with Gasteiger partial charge in [0.05, 0.1) is 27.8 Å². The number of nitrogens with one attached hydrogen (secondary N) is 2. The van der Waals surface area contributed by atoms with Crippen LogP contribution in [0.5, 0.6) is 0 Å². The fourth-order valence-corrected chi connectivity index (χ4v) is 3.03. The van der Waals surface area contributed by atoms with Crippen LogP contribution in [0.25, 0.3) is 10.9 Å². The quantitative estimate of drug-likeness (QED) is 0.507. The Morgan fingerprint density at radius 1 is 0.889 bits per heavy atom. The average molecular weight is 380 g/mol. The van der Waals surface area contributed by atoms with Crippen molar-refractivity contribution in [3.8, 4) is 0 Å². The minimum absolute atomic E-state index is 0.0355. The number of para-hydroxylation sites is 1. The first-order valence-corrected chi connectivity index (χ1v) is 8.91. The molecule has 0 radical (unpaired) electrons. The SMILES string of the molecule is O=C(CSc1ccc2ccccc2n1)NNC(=O)c1ccccc1C(=O)[O-]. The van der Waals surface area contributed by atoms with Crippen molar-refractivity contribution < 1.29 is 19.5 Å². The molecular weight excluding hydrogens is 366 g/mol. The number of carboxylic acids is 1. The van der Waals surface area contributed by atoms with Gasteiger partial charge < -0.3 is 9.90 Å². The Hall–Kier alpha value is -3.39. The van der Waals surface area contributed by atoms with Crippen molar-refractivity contribution in [2.75, 3.05) is 5.75 Å². The topological polar surface area (TPSA) is 111 Å². The number of carbonyl (C=O) groups is 3.